The predicted molar refractivity (Wildman–Crippen MR) is 79.2 cm³/mol. The quantitative estimate of drug-likeness (QED) is 0.922. The summed E-state index contributed by atoms with van der Waals surface area (Å²) in [5.74, 6) is -0.885. The van der Waals surface area contributed by atoms with E-state index in [-0.39, 0.29) is 18.1 Å². The van der Waals surface area contributed by atoms with Crippen molar-refractivity contribution in [2.75, 3.05) is 11.4 Å². The molecule has 0 radical (unpaired) electrons. The summed E-state index contributed by atoms with van der Waals surface area (Å²) in [6.07, 6.45) is 0. The second-order valence-electron chi connectivity index (χ2n) is 5.01. The van der Waals surface area contributed by atoms with Crippen LogP contribution in [0.2, 0.25) is 0 Å². The molecule has 1 aliphatic rings. The van der Waals surface area contributed by atoms with Crippen LogP contribution in [-0.2, 0) is 0 Å². The van der Waals surface area contributed by atoms with E-state index < -0.39 is 17.7 Å². The normalized spacial score (nSPS) is 18.0. The Morgan fingerprint density at radius 1 is 1.10 bits per heavy atom. The summed E-state index contributed by atoms with van der Waals surface area (Å²) >= 11 is 0. The number of aliphatic imine (C=N–C) groups is 1. The standard InChI is InChI=1S/C16H15F2N3/c1-10-5-2-3-8-13(10)21-14(9-20-16(21)19)15-11(17)6-4-7-12(15)18/h2-8,14H,9H2,1H3,(H2,19,20). The zero-order valence-corrected chi connectivity index (χ0v) is 11.6. The molecule has 2 N–H and O–H groups in total. The lowest BCUT2D eigenvalue weighted by Gasteiger charge is -2.28. The largest absolute Gasteiger partial charge is 0.369 e. The summed E-state index contributed by atoms with van der Waals surface area (Å²) in [5, 5.41) is 0. The summed E-state index contributed by atoms with van der Waals surface area (Å²) in [6.45, 7) is 2.16. The van der Waals surface area contributed by atoms with E-state index in [4.69, 9.17) is 5.73 Å². The minimum Gasteiger partial charge on any atom is -0.369 e. The first-order chi connectivity index (χ1) is 10.1. The van der Waals surface area contributed by atoms with Crippen LogP contribution in [0.25, 0.3) is 0 Å². The average Bonchev–Trinajstić information content (AvgIpc) is 2.81. The van der Waals surface area contributed by atoms with Crippen molar-refractivity contribution in [3.8, 4) is 0 Å². The SMILES string of the molecule is Cc1ccccc1N1C(N)=NCC1c1c(F)cccc1F. The van der Waals surface area contributed by atoms with Gasteiger partial charge in [0.2, 0.25) is 0 Å². The van der Waals surface area contributed by atoms with Gasteiger partial charge in [-0.25, -0.2) is 8.78 Å². The van der Waals surface area contributed by atoms with Crippen molar-refractivity contribution in [3.05, 3.63) is 65.2 Å². The van der Waals surface area contributed by atoms with Crippen LogP contribution in [0.1, 0.15) is 17.2 Å². The average molecular weight is 287 g/mol. The van der Waals surface area contributed by atoms with Crippen LogP contribution in [0.15, 0.2) is 47.5 Å². The first-order valence-electron chi connectivity index (χ1n) is 6.68. The van der Waals surface area contributed by atoms with Gasteiger partial charge in [0, 0.05) is 11.3 Å². The van der Waals surface area contributed by atoms with Crippen LogP contribution in [0.4, 0.5) is 14.5 Å². The van der Waals surface area contributed by atoms with Crippen molar-refractivity contribution in [2.24, 2.45) is 10.7 Å². The Hall–Kier alpha value is -2.43. The molecule has 3 rings (SSSR count). The van der Waals surface area contributed by atoms with Crippen LogP contribution in [0.5, 0.6) is 0 Å². The summed E-state index contributed by atoms with van der Waals surface area (Å²) in [4.78, 5) is 5.85. The van der Waals surface area contributed by atoms with Gasteiger partial charge < -0.3 is 10.6 Å². The van der Waals surface area contributed by atoms with Crippen molar-refractivity contribution < 1.29 is 8.78 Å². The molecule has 0 fully saturated rings. The van der Waals surface area contributed by atoms with E-state index in [1.807, 2.05) is 31.2 Å². The van der Waals surface area contributed by atoms with Gasteiger partial charge in [-0.2, -0.15) is 0 Å². The lowest BCUT2D eigenvalue weighted by molar-refractivity contribution is 0.533. The molecule has 1 aliphatic heterocycles. The number of guanidine groups is 1. The number of hydrogen-bond acceptors (Lipinski definition) is 3. The van der Waals surface area contributed by atoms with E-state index in [2.05, 4.69) is 4.99 Å². The van der Waals surface area contributed by atoms with E-state index >= 15 is 0 Å². The number of hydrogen-bond donors (Lipinski definition) is 1. The third kappa shape index (κ3) is 2.24. The summed E-state index contributed by atoms with van der Waals surface area (Å²) < 4.78 is 28.1. The number of benzene rings is 2. The molecule has 5 heteroatoms. The van der Waals surface area contributed by atoms with Crippen molar-refractivity contribution in [1.82, 2.24) is 0 Å². The zero-order chi connectivity index (χ0) is 15.0. The second kappa shape index (κ2) is 5.16. The molecule has 0 aromatic heterocycles. The molecule has 2 aromatic rings. The minimum absolute atomic E-state index is 0.00459. The number of anilines is 1. The summed E-state index contributed by atoms with van der Waals surface area (Å²) in [6, 6.07) is 10.9. The molecule has 0 bridgehead atoms. The van der Waals surface area contributed by atoms with E-state index in [1.54, 1.807) is 4.90 Å². The van der Waals surface area contributed by atoms with Gasteiger partial charge in [0.15, 0.2) is 5.96 Å². The maximum Gasteiger partial charge on any atom is 0.196 e. The maximum absolute atomic E-state index is 14.1. The van der Waals surface area contributed by atoms with Gasteiger partial charge in [0.25, 0.3) is 0 Å². The van der Waals surface area contributed by atoms with Crippen LogP contribution in [0, 0.1) is 18.6 Å². The third-order valence-electron chi connectivity index (χ3n) is 3.69. The Labute approximate surface area is 121 Å². The lowest BCUT2D eigenvalue weighted by Crippen LogP contribution is -2.37. The van der Waals surface area contributed by atoms with Gasteiger partial charge in [-0.15, -0.1) is 0 Å². The highest BCUT2D eigenvalue weighted by Crippen LogP contribution is 2.35. The second-order valence-corrected chi connectivity index (χ2v) is 5.01. The summed E-state index contributed by atoms with van der Waals surface area (Å²) in [7, 11) is 0. The van der Waals surface area contributed by atoms with Crippen LogP contribution in [-0.4, -0.2) is 12.5 Å². The molecule has 1 unspecified atom stereocenters. The molecule has 0 saturated carbocycles. The molecular formula is C16H15F2N3. The molecule has 0 aliphatic carbocycles. The highest BCUT2D eigenvalue weighted by atomic mass is 19.1. The molecule has 21 heavy (non-hydrogen) atoms. The molecule has 0 amide bonds. The van der Waals surface area contributed by atoms with E-state index in [1.165, 1.54) is 18.2 Å². The van der Waals surface area contributed by atoms with E-state index in [9.17, 15) is 8.78 Å². The Bertz CT molecular complexity index is 692. The third-order valence-corrected chi connectivity index (χ3v) is 3.69. The molecule has 2 aromatic carbocycles. The van der Waals surface area contributed by atoms with E-state index in [0.29, 0.717) is 0 Å². The van der Waals surface area contributed by atoms with Crippen LogP contribution >= 0.6 is 0 Å². The van der Waals surface area contributed by atoms with Gasteiger partial charge in [-0.05, 0) is 30.7 Å². The number of aryl methyl sites for hydroxylation is 1. The smallest absolute Gasteiger partial charge is 0.196 e. The van der Waals surface area contributed by atoms with Gasteiger partial charge in [0.05, 0.1) is 12.6 Å². The Morgan fingerprint density at radius 2 is 1.76 bits per heavy atom. The topological polar surface area (TPSA) is 41.6 Å². The molecular weight excluding hydrogens is 272 g/mol. The van der Waals surface area contributed by atoms with E-state index in [0.717, 1.165) is 11.3 Å². The summed E-state index contributed by atoms with van der Waals surface area (Å²) in [5.41, 5.74) is 7.72. The maximum atomic E-state index is 14.1. The van der Waals surface area contributed by atoms with Crippen molar-refractivity contribution in [1.29, 1.82) is 0 Å². The zero-order valence-electron chi connectivity index (χ0n) is 11.6. The Kier molecular flexibility index (Phi) is 3.33. The fourth-order valence-corrected chi connectivity index (χ4v) is 2.67. The Morgan fingerprint density at radius 3 is 2.43 bits per heavy atom. The first-order valence-corrected chi connectivity index (χ1v) is 6.68. The highest BCUT2D eigenvalue weighted by molar-refractivity contribution is 5.98. The first kappa shape index (κ1) is 13.5. The molecule has 0 saturated heterocycles. The fraction of sp³-hybridized carbons (Fsp3) is 0.188. The molecule has 108 valence electrons. The lowest BCUT2D eigenvalue weighted by atomic mass is 10.0. The number of nitrogens with zero attached hydrogens (tertiary/aromatic N) is 2. The van der Waals surface area contributed by atoms with Crippen LogP contribution in [0.3, 0.4) is 0 Å². The van der Waals surface area contributed by atoms with Crippen molar-refractivity contribution in [3.63, 3.8) is 0 Å². The van der Waals surface area contributed by atoms with Gasteiger partial charge in [0.1, 0.15) is 11.6 Å². The predicted octanol–water partition coefficient (Wildman–Crippen LogP) is 3.15. The molecule has 0 spiro atoms. The number of halogens is 2. The fourth-order valence-electron chi connectivity index (χ4n) is 2.67. The number of rotatable bonds is 2. The molecule has 3 nitrogen and oxygen atoms in total. The van der Waals surface area contributed by atoms with Gasteiger partial charge >= 0.3 is 0 Å². The Balaban J connectivity index is 2.10. The van der Waals surface area contributed by atoms with Crippen LogP contribution < -0.4 is 10.6 Å². The monoisotopic (exact) mass is 287 g/mol. The van der Waals surface area contributed by atoms with Gasteiger partial charge in [-0.3, -0.25) is 4.99 Å². The van der Waals surface area contributed by atoms with Crippen molar-refractivity contribution in [2.45, 2.75) is 13.0 Å². The van der Waals surface area contributed by atoms with Gasteiger partial charge in [-0.1, -0.05) is 24.3 Å². The number of para-hydroxylation sites is 1. The molecule has 1 atom stereocenters. The minimum atomic E-state index is -0.580. The number of nitrogens with two attached hydrogens (primary N) is 1. The van der Waals surface area contributed by atoms with Crippen molar-refractivity contribution >= 4 is 11.6 Å². The highest BCUT2D eigenvalue weighted by Gasteiger charge is 2.33. The molecule has 1 heterocycles.